The van der Waals surface area contributed by atoms with Crippen molar-refractivity contribution in [3.05, 3.63) is 46.8 Å². The molecule has 1 amide bonds. The second-order valence-corrected chi connectivity index (χ2v) is 6.23. The van der Waals surface area contributed by atoms with Gasteiger partial charge in [-0.25, -0.2) is 0 Å². The van der Waals surface area contributed by atoms with Crippen LogP contribution in [0.2, 0.25) is 0 Å². The molecular weight excluding hydrogens is 306 g/mol. The lowest BCUT2D eigenvalue weighted by atomic mass is 9.96. The fourth-order valence-corrected chi connectivity index (χ4v) is 2.92. The summed E-state index contributed by atoms with van der Waals surface area (Å²) in [7, 11) is 0. The van der Waals surface area contributed by atoms with Gasteiger partial charge in [-0.15, -0.1) is 0 Å². The summed E-state index contributed by atoms with van der Waals surface area (Å²) in [6.45, 7) is 2.24. The van der Waals surface area contributed by atoms with Crippen molar-refractivity contribution in [1.82, 2.24) is 15.5 Å². The number of amides is 1. The maximum Gasteiger partial charge on any atom is 0.272 e. The number of aliphatic hydroxyl groups is 1. The van der Waals surface area contributed by atoms with Gasteiger partial charge in [0.2, 0.25) is 0 Å². The highest BCUT2D eigenvalue weighted by Crippen LogP contribution is 2.21. The summed E-state index contributed by atoms with van der Waals surface area (Å²) >= 11 is 0. The van der Waals surface area contributed by atoms with Crippen molar-refractivity contribution in [2.75, 3.05) is 13.2 Å². The van der Waals surface area contributed by atoms with E-state index in [2.05, 4.69) is 15.5 Å². The second kappa shape index (κ2) is 7.49. The van der Waals surface area contributed by atoms with Crippen LogP contribution in [0.3, 0.4) is 0 Å². The fourth-order valence-electron chi connectivity index (χ4n) is 2.92. The lowest BCUT2D eigenvalue weighted by molar-refractivity contribution is 0.0839. The van der Waals surface area contributed by atoms with Crippen LogP contribution in [-0.2, 0) is 12.8 Å². The first-order valence-corrected chi connectivity index (χ1v) is 8.35. The summed E-state index contributed by atoms with van der Waals surface area (Å²) in [6.07, 6.45) is 3.27. The van der Waals surface area contributed by atoms with Gasteiger partial charge in [0, 0.05) is 17.8 Å². The highest BCUT2D eigenvalue weighted by molar-refractivity contribution is 5.94. The van der Waals surface area contributed by atoms with E-state index in [0.717, 1.165) is 42.5 Å². The molecule has 0 fully saturated rings. The Hall–Kier alpha value is -2.34. The number of aromatic nitrogens is 2. The number of aryl methyl sites for hydroxylation is 2. The van der Waals surface area contributed by atoms with Gasteiger partial charge in [-0.1, -0.05) is 12.1 Å². The molecule has 6 nitrogen and oxygen atoms in total. The predicted octanol–water partition coefficient (Wildman–Crippen LogP) is 1.77. The van der Waals surface area contributed by atoms with Crippen LogP contribution >= 0.6 is 0 Å². The van der Waals surface area contributed by atoms with Crippen molar-refractivity contribution in [1.29, 1.82) is 0 Å². The number of hydrogen-bond donors (Lipinski definition) is 3. The Morgan fingerprint density at radius 2 is 2.25 bits per heavy atom. The molecule has 6 heteroatoms. The molecule has 1 aliphatic carbocycles. The number of aliphatic hydroxyl groups excluding tert-OH is 1. The van der Waals surface area contributed by atoms with Crippen molar-refractivity contribution in [2.24, 2.45) is 0 Å². The van der Waals surface area contributed by atoms with Crippen LogP contribution in [0.4, 0.5) is 0 Å². The smallest absolute Gasteiger partial charge is 0.272 e. The summed E-state index contributed by atoms with van der Waals surface area (Å²) < 4.78 is 5.54. The summed E-state index contributed by atoms with van der Waals surface area (Å²) in [5.41, 5.74) is 3.63. The van der Waals surface area contributed by atoms with Crippen LogP contribution in [0.15, 0.2) is 24.3 Å². The van der Waals surface area contributed by atoms with Crippen LogP contribution < -0.4 is 10.1 Å². The zero-order valence-electron chi connectivity index (χ0n) is 13.8. The fraction of sp³-hybridized carbons (Fsp3) is 0.444. The largest absolute Gasteiger partial charge is 0.491 e. The minimum atomic E-state index is -0.774. The molecule has 0 saturated carbocycles. The summed E-state index contributed by atoms with van der Waals surface area (Å²) in [5, 5.41) is 19.8. The highest BCUT2D eigenvalue weighted by atomic mass is 16.5. The molecule has 1 unspecified atom stereocenters. The Kier molecular flexibility index (Phi) is 5.15. The first-order chi connectivity index (χ1) is 11.6. The van der Waals surface area contributed by atoms with E-state index in [-0.39, 0.29) is 19.1 Å². The molecule has 0 saturated heterocycles. The number of H-pyrrole nitrogens is 1. The molecule has 0 aliphatic heterocycles. The highest BCUT2D eigenvalue weighted by Gasteiger charge is 2.22. The SMILES string of the molecule is Cc1cccc(OCC(O)CNC(=O)c2n[nH]c3c2CCCC3)c1. The van der Waals surface area contributed by atoms with Gasteiger partial charge < -0.3 is 15.2 Å². The topological polar surface area (TPSA) is 87.2 Å². The number of nitrogens with zero attached hydrogens (tertiary/aromatic N) is 1. The predicted molar refractivity (Wildman–Crippen MR) is 90.2 cm³/mol. The van der Waals surface area contributed by atoms with Crippen molar-refractivity contribution < 1.29 is 14.6 Å². The number of carbonyl (C=O) groups excluding carboxylic acids is 1. The average Bonchev–Trinajstić information content (AvgIpc) is 3.02. The van der Waals surface area contributed by atoms with Gasteiger partial charge in [-0.05, 0) is 50.3 Å². The maximum atomic E-state index is 12.3. The van der Waals surface area contributed by atoms with E-state index in [4.69, 9.17) is 4.74 Å². The molecule has 3 rings (SSSR count). The zero-order chi connectivity index (χ0) is 16.9. The van der Waals surface area contributed by atoms with Crippen molar-refractivity contribution in [2.45, 2.75) is 38.7 Å². The van der Waals surface area contributed by atoms with Gasteiger partial charge in [0.05, 0.1) is 0 Å². The van der Waals surface area contributed by atoms with Gasteiger partial charge >= 0.3 is 0 Å². The van der Waals surface area contributed by atoms with E-state index in [0.29, 0.717) is 11.4 Å². The number of hydrogen-bond acceptors (Lipinski definition) is 4. The minimum Gasteiger partial charge on any atom is -0.491 e. The van der Waals surface area contributed by atoms with E-state index in [1.54, 1.807) is 0 Å². The van der Waals surface area contributed by atoms with Gasteiger partial charge in [0.1, 0.15) is 18.5 Å². The monoisotopic (exact) mass is 329 g/mol. The number of ether oxygens (including phenoxy) is 1. The average molecular weight is 329 g/mol. The number of nitrogens with one attached hydrogen (secondary N) is 2. The van der Waals surface area contributed by atoms with Crippen molar-refractivity contribution >= 4 is 5.91 Å². The molecule has 1 aromatic heterocycles. The number of benzene rings is 1. The number of fused-ring (bicyclic) bond motifs is 1. The molecule has 0 radical (unpaired) electrons. The quantitative estimate of drug-likeness (QED) is 0.754. The van der Waals surface area contributed by atoms with E-state index in [1.165, 1.54) is 0 Å². The molecule has 0 bridgehead atoms. The normalized spacial score (nSPS) is 14.8. The molecular formula is C18H23N3O3. The van der Waals surface area contributed by atoms with Crippen molar-refractivity contribution in [3.8, 4) is 5.75 Å². The third-order valence-electron chi connectivity index (χ3n) is 4.20. The maximum absolute atomic E-state index is 12.3. The van der Waals surface area contributed by atoms with Crippen LogP contribution in [0.25, 0.3) is 0 Å². The zero-order valence-corrected chi connectivity index (χ0v) is 13.8. The molecule has 128 valence electrons. The summed E-state index contributed by atoms with van der Waals surface area (Å²) in [4.78, 5) is 12.3. The van der Waals surface area contributed by atoms with E-state index >= 15 is 0 Å². The van der Waals surface area contributed by atoms with Gasteiger partial charge in [-0.3, -0.25) is 9.89 Å². The molecule has 1 atom stereocenters. The molecule has 0 spiro atoms. The first kappa shape index (κ1) is 16.5. The molecule has 1 aliphatic rings. The number of carbonyl (C=O) groups is 1. The van der Waals surface area contributed by atoms with Gasteiger partial charge in [-0.2, -0.15) is 5.10 Å². The van der Waals surface area contributed by atoms with Crippen LogP contribution in [0.5, 0.6) is 5.75 Å². The Morgan fingerprint density at radius 1 is 1.42 bits per heavy atom. The molecule has 1 aromatic carbocycles. The second-order valence-electron chi connectivity index (χ2n) is 6.23. The van der Waals surface area contributed by atoms with Crippen LogP contribution in [0.1, 0.15) is 40.2 Å². The molecule has 1 heterocycles. The van der Waals surface area contributed by atoms with Gasteiger partial charge in [0.15, 0.2) is 5.69 Å². The first-order valence-electron chi connectivity index (χ1n) is 8.35. The lowest BCUT2D eigenvalue weighted by Crippen LogP contribution is -2.35. The Morgan fingerprint density at radius 3 is 3.08 bits per heavy atom. The van der Waals surface area contributed by atoms with E-state index < -0.39 is 6.10 Å². The van der Waals surface area contributed by atoms with Gasteiger partial charge in [0.25, 0.3) is 5.91 Å². The Balaban J connectivity index is 1.48. The third-order valence-corrected chi connectivity index (χ3v) is 4.20. The van der Waals surface area contributed by atoms with Crippen molar-refractivity contribution in [3.63, 3.8) is 0 Å². The number of aromatic amines is 1. The third kappa shape index (κ3) is 3.94. The molecule has 3 N–H and O–H groups in total. The Bertz CT molecular complexity index is 711. The molecule has 24 heavy (non-hydrogen) atoms. The van der Waals surface area contributed by atoms with E-state index in [9.17, 15) is 9.90 Å². The number of rotatable bonds is 6. The minimum absolute atomic E-state index is 0.127. The lowest BCUT2D eigenvalue weighted by Gasteiger charge is -2.14. The Labute approximate surface area is 141 Å². The standard InChI is InChI=1S/C18H23N3O3/c1-12-5-4-6-14(9-12)24-11-13(22)10-19-18(23)17-15-7-2-3-8-16(15)20-21-17/h4-6,9,13,22H,2-3,7-8,10-11H2,1H3,(H,19,23)(H,20,21). The summed E-state index contributed by atoms with van der Waals surface area (Å²) in [5.74, 6) is 0.464. The van der Waals surface area contributed by atoms with Crippen LogP contribution in [0, 0.1) is 6.92 Å². The van der Waals surface area contributed by atoms with Crippen LogP contribution in [-0.4, -0.2) is 40.5 Å². The van der Waals surface area contributed by atoms with E-state index in [1.807, 2.05) is 31.2 Å². The summed E-state index contributed by atoms with van der Waals surface area (Å²) in [6, 6.07) is 7.63. The molecule has 2 aromatic rings.